The molecule has 3 unspecified atom stereocenters. The van der Waals surface area contributed by atoms with Crippen molar-refractivity contribution in [1.82, 2.24) is 0 Å². The molecular formula is C28H34N+. The summed E-state index contributed by atoms with van der Waals surface area (Å²) in [7, 11) is 2.18. The van der Waals surface area contributed by atoms with Crippen molar-refractivity contribution in [2.45, 2.75) is 65.2 Å². The third kappa shape index (κ3) is 3.29. The molecule has 2 aliphatic rings. The van der Waals surface area contributed by atoms with E-state index in [9.17, 15) is 0 Å². The molecular weight excluding hydrogens is 350 g/mol. The van der Waals surface area contributed by atoms with Crippen LogP contribution in [0.5, 0.6) is 0 Å². The zero-order valence-corrected chi connectivity index (χ0v) is 18.5. The second-order valence-corrected chi connectivity index (χ2v) is 9.85. The highest BCUT2D eigenvalue weighted by Crippen LogP contribution is 2.48. The van der Waals surface area contributed by atoms with Gasteiger partial charge in [0.05, 0.1) is 10.9 Å². The maximum atomic E-state index is 2.51. The predicted octanol–water partition coefficient (Wildman–Crippen LogP) is 6.94. The minimum atomic E-state index is 0.774. The predicted molar refractivity (Wildman–Crippen MR) is 122 cm³/mol. The summed E-state index contributed by atoms with van der Waals surface area (Å²) < 4.78 is 2.30. The van der Waals surface area contributed by atoms with Crippen LogP contribution in [0, 0.1) is 32.6 Å². The normalized spacial score (nSPS) is 24.1. The van der Waals surface area contributed by atoms with Crippen LogP contribution in [0.1, 0.15) is 66.7 Å². The van der Waals surface area contributed by atoms with Crippen LogP contribution in [0.3, 0.4) is 0 Å². The van der Waals surface area contributed by atoms with E-state index in [0.29, 0.717) is 0 Å². The van der Waals surface area contributed by atoms with Gasteiger partial charge in [0.1, 0.15) is 7.05 Å². The standard InChI is InChI=1S/C28H34N/c1-18-14-19(2)20(3)27(15-18)28-26-11-9-23(17-24(26)12-13-29(28)4)25-10-8-21-6-5-7-22(25)16-21/h9,11-15,17,21-22,25H,5-8,10,16H2,1-4H3/q+1. The lowest BCUT2D eigenvalue weighted by molar-refractivity contribution is -0.659. The zero-order valence-electron chi connectivity index (χ0n) is 18.5. The second kappa shape index (κ2) is 7.27. The number of pyridine rings is 1. The first-order valence-corrected chi connectivity index (χ1v) is 11.5. The first-order chi connectivity index (χ1) is 14.0. The molecule has 0 spiro atoms. The molecule has 0 N–H and O–H groups in total. The Morgan fingerprint density at radius 3 is 2.62 bits per heavy atom. The van der Waals surface area contributed by atoms with Crippen molar-refractivity contribution in [3.63, 3.8) is 0 Å². The number of hydrogen-bond acceptors (Lipinski definition) is 0. The number of nitrogens with zero attached hydrogens (tertiary/aromatic N) is 1. The lowest BCUT2D eigenvalue weighted by Crippen LogP contribution is -2.31. The Morgan fingerprint density at radius 1 is 0.897 bits per heavy atom. The molecule has 150 valence electrons. The minimum Gasteiger partial charge on any atom is -0.200 e. The van der Waals surface area contributed by atoms with Gasteiger partial charge in [-0.3, -0.25) is 0 Å². The third-order valence-electron chi connectivity index (χ3n) is 7.93. The van der Waals surface area contributed by atoms with Gasteiger partial charge >= 0.3 is 0 Å². The van der Waals surface area contributed by atoms with E-state index >= 15 is 0 Å². The number of benzene rings is 2. The summed E-state index contributed by atoms with van der Waals surface area (Å²) >= 11 is 0. The van der Waals surface area contributed by atoms with Crippen molar-refractivity contribution < 1.29 is 4.57 Å². The van der Waals surface area contributed by atoms with E-state index in [4.69, 9.17) is 0 Å². The molecule has 0 saturated heterocycles. The van der Waals surface area contributed by atoms with E-state index in [1.807, 2.05) is 0 Å². The highest BCUT2D eigenvalue weighted by atomic mass is 14.9. The van der Waals surface area contributed by atoms with E-state index in [0.717, 1.165) is 17.8 Å². The monoisotopic (exact) mass is 384 g/mol. The molecule has 2 saturated carbocycles. The SMILES string of the molecule is Cc1cc(C)c(C)c(-c2c3ccc(C4CCC5CCCC4C5)cc3cc[n+]2C)c1. The van der Waals surface area contributed by atoms with Gasteiger partial charge in [-0.25, -0.2) is 4.57 Å². The fourth-order valence-corrected chi connectivity index (χ4v) is 6.29. The molecule has 29 heavy (non-hydrogen) atoms. The first-order valence-electron chi connectivity index (χ1n) is 11.5. The van der Waals surface area contributed by atoms with Gasteiger partial charge in [-0.2, -0.15) is 0 Å². The molecule has 2 aromatic carbocycles. The van der Waals surface area contributed by atoms with E-state index in [-0.39, 0.29) is 0 Å². The lowest BCUT2D eigenvalue weighted by atomic mass is 9.65. The molecule has 0 radical (unpaired) electrons. The van der Waals surface area contributed by atoms with Crippen LogP contribution in [-0.4, -0.2) is 0 Å². The summed E-state index contributed by atoms with van der Waals surface area (Å²) in [4.78, 5) is 0. The average molecular weight is 385 g/mol. The van der Waals surface area contributed by atoms with Crippen LogP contribution < -0.4 is 4.57 Å². The van der Waals surface area contributed by atoms with Gasteiger partial charge in [-0.15, -0.1) is 0 Å². The van der Waals surface area contributed by atoms with Crippen LogP contribution in [0.25, 0.3) is 22.0 Å². The van der Waals surface area contributed by atoms with Crippen molar-refractivity contribution in [3.05, 3.63) is 64.8 Å². The summed E-state index contributed by atoms with van der Waals surface area (Å²) in [5.74, 6) is 2.71. The highest BCUT2D eigenvalue weighted by molar-refractivity contribution is 5.94. The maximum absolute atomic E-state index is 2.51. The molecule has 1 heteroatoms. The molecule has 3 atom stereocenters. The third-order valence-corrected chi connectivity index (χ3v) is 7.93. The van der Waals surface area contributed by atoms with Gasteiger partial charge in [0.25, 0.3) is 0 Å². The lowest BCUT2D eigenvalue weighted by Gasteiger charge is -2.40. The second-order valence-electron chi connectivity index (χ2n) is 9.85. The number of rotatable bonds is 2. The summed E-state index contributed by atoms with van der Waals surface area (Å²) in [5, 5.41) is 2.77. The Morgan fingerprint density at radius 2 is 1.76 bits per heavy atom. The summed E-state index contributed by atoms with van der Waals surface area (Å²) in [5.41, 5.74) is 8.41. The molecule has 0 aliphatic heterocycles. The summed E-state index contributed by atoms with van der Waals surface area (Å²) in [6.45, 7) is 6.70. The van der Waals surface area contributed by atoms with Gasteiger partial charge in [-0.05, 0) is 98.4 Å². The van der Waals surface area contributed by atoms with Gasteiger partial charge in [0.15, 0.2) is 6.20 Å². The minimum absolute atomic E-state index is 0.774. The van der Waals surface area contributed by atoms with Crippen LogP contribution in [0.4, 0.5) is 0 Å². The molecule has 1 aromatic heterocycles. The Hall–Kier alpha value is -2.15. The first kappa shape index (κ1) is 18.9. The van der Waals surface area contributed by atoms with Crippen molar-refractivity contribution in [3.8, 4) is 11.3 Å². The Labute approximate surface area is 175 Å². The zero-order chi connectivity index (χ0) is 20.1. The molecule has 2 aliphatic carbocycles. The van der Waals surface area contributed by atoms with E-state index in [1.165, 1.54) is 77.2 Å². The molecule has 1 heterocycles. The number of fused-ring (bicyclic) bond motifs is 3. The summed E-state index contributed by atoms with van der Waals surface area (Å²) in [6.07, 6.45) is 10.9. The van der Waals surface area contributed by atoms with Crippen LogP contribution >= 0.6 is 0 Å². The van der Waals surface area contributed by atoms with E-state index in [1.54, 1.807) is 5.56 Å². The molecule has 0 amide bonds. The highest BCUT2D eigenvalue weighted by Gasteiger charge is 2.34. The maximum Gasteiger partial charge on any atom is 0.220 e. The molecule has 5 rings (SSSR count). The molecule has 3 aromatic rings. The van der Waals surface area contributed by atoms with Crippen molar-refractivity contribution in [2.75, 3.05) is 0 Å². The Kier molecular flexibility index (Phi) is 4.73. The van der Waals surface area contributed by atoms with Crippen LogP contribution in [0.15, 0.2) is 42.6 Å². The molecule has 2 fully saturated rings. The van der Waals surface area contributed by atoms with E-state index in [2.05, 4.69) is 75.0 Å². The van der Waals surface area contributed by atoms with Gasteiger partial charge in [-0.1, -0.05) is 36.6 Å². The fraction of sp³-hybridized carbons (Fsp3) is 0.464. The van der Waals surface area contributed by atoms with Gasteiger partial charge < -0.3 is 0 Å². The Balaban J connectivity index is 1.62. The quantitative estimate of drug-likeness (QED) is 0.421. The fourth-order valence-electron chi connectivity index (χ4n) is 6.29. The summed E-state index contributed by atoms with van der Waals surface area (Å²) in [6, 6.07) is 14.3. The number of aryl methyl sites for hydroxylation is 3. The molecule has 1 nitrogen and oxygen atoms in total. The van der Waals surface area contributed by atoms with Crippen LogP contribution in [-0.2, 0) is 7.05 Å². The van der Waals surface area contributed by atoms with Crippen molar-refractivity contribution in [2.24, 2.45) is 18.9 Å². The molecule has 2 bridgehead atoms. The van der Waals surface area contributed by atoms with Crippen molar-refractivity contribution in [1.29, 1.82) is 0 Å². The van der Waals surface area contributed by atoms with Gasteiger partial charge in [0, 0.05) is 6.07 Å². The largest absolute Gasteiger partial charge is 0.220 e. The number of aromatic nitrogens is 1. The number of hydrogen-bond donors (Lipinski definition) is 0. The average Bonchev–Trinajstić information content (AvgIpc) is 2.71. The van der Waals surface area contributed by atoms with Crippen molar-refractivity contribution >= 4 is 10.8 Å². The van der Waals surface area contributed by atoms with E-state index < -0.39 is 0 Å². The smallest absolute Gasteiger partial charge is 0.200 e. The topological polar surface area (TPSA) is 3.88 Å². The Bertz CT molecular complexity index is 1080. The van der Waals surface area contributed by atoms with Gasteiger partial charge in [0.2, 0.25) is 5.69 Å². The van der Waals surface area contributed by atoms with Crippen LogP contribution in [0.2, 0.25) is 0 Å².